The van der Waals surface area contributed by atoms with E-state index in [4.69, 9.17) is 14.2 Å². The SMILES string of the molecule is O=C1c2ccccc2C(=O)N1[C@@H]1[C@@H](OCc2ccccc2)[C@H](OCc2ccccc2)[C@@H](CO)O[C@H]1Sc1ccccc1. The van der Waals surface area contributed by atoms with E-state index in [1.165, 1.54) is 16.7 Å². The van der Waals surface area contributed by atoms with Gasteiger partial charge in [0.15, 0.2) is 0 Å². The van der Waals surface area contributed by atoms with Gasteiger partial charge in [-0.15, -0.1) is 0 Å². The van der Waals surface area contributed by atoms with Gasteiger partial charge in [0.2, 0.25) is 0 Å². The largest absolute Gasteiger partial charge is 0.394 e. The molecule has 2 aliphatic heterocycles. The summed E-state index contributed by atoms with van der Waals surface area (Å²) in [7, 11) is 0. The predicted molar refractivity (Wildman–Crippen MR) is 159 cm³/mol. The molecule has 1 N–H and O–H groups in total. The zero-order valence-electron chi connectivity index (χ0n) is 22.8. The number of benzene rings is 4. The Labute approximate surface area is 249 Å². The summed E-state index contributed by atoms with van der Waals surface area (Å²) in [5.41, 5.74) is 1.83. The van der Waals surface area contributed by atoms with Crippen LogP contribution in [0.1, 0.15) is 31.8 Å². The van der Waals surface area contributed by atoms with Crippen molar-refractivity contribution in [3.05, 3.63) is 138 Å². The van der Waals surface area contributed by atoms with Crippen molar-refractivity contribution in [2.45, 2.75) is 47.9 Å². The third-order valence-corrected chi connectivity index (χ3v) is 8.65. The van der Waals surface area contributed by atoms with Crippen molar-refractivity contribution in [1.82, 2.24) is 4.90 Å². The lowest BCUT2D eigenvalue weighted by Gasteiger charge is -2.48. The van der Waals surface area contributed by atoms with E-state index in [0.29, 0.717) is 11.1 Å². The van der Waals surface area contributed by atoms with Crippen LogP contribution in [0.2, 0.25) is 0 Å². The molecule has 42 heavy (non-hydrogen) atoms. The van der Waals surface area contributed by atoms with Gasteiger partial charge in [0, 0.05) is 4.90 Å². The van der Waals surface area contributed by atoms with Crippen LogP contribution in [0, 0.1) is 0 Å². The molecule has 2 amide bonds. The average Bonchev–Trinajstić information content (AvgIpc) is 3.29. The molecule has 4 aromatic carbocycles. The Morgan fingerprint density at radius 3 is 1.67 bits per heavy atom. The van der Waals surface area contributed by atoms with Gasteiger partial charge in [-0.3, -0.25) is 14.5 Å². The van der Waals surface area contributed by atoms with Crippen LogP contribution < -0.4 is 0 Å². The van der Waals surface area contributed by atoms with E-state index < -0.39 is 41.6 Å². The second kappa shape index (κ2) is 13.0. The quantitative estimate of drug-likeness (QED) is 0.254. The number of hydrogen-bond acceptors (Lipinski definition) is 7. The van der Waals surface area contributed by atoms with Gasteiger partial charge in [-0.2, -0.15) is 0 Å². The first-order valence-corrected chi connectivity index (χ1v) is 14.8. The zero-order valence-corrected chi connectivity index (χ0v) is 23.6. The summed E-state index contributed by atoms with van der Waals surface area (Å²) in [6.07, 6.45) is -2.34. The predicted octanol–water partition coefficient (Wildman–Crippen LogP) is 5.33. The molecule has 0 aromatic heterocycles. The second-order valence-electron chi connectivity index (χ2n) is 10.2. The lowest BCUT2D eigenvalue weighted by atomic mass is 9.95. The lowest BCUT2D eigenvalue weighted by Crippen LogP contribution is -2.65. The van der Waals surface area contributed by atoms with Crippen molar-refractivity contribution < 1.29 is 28.9 Å². The van der Waals surface area contributed by atoms with E-state index in [1.807, 2.05) is 91.0 Å². The standard InChI is InChI=1S/C34H31NO6S/c36-20-28-30(39-21-23-12-4-1-5-13-23)31(40-22-24-14-6-2-7-15-24)29(34(41-28)42-25-16-8-3-9-17-25)35-32(37)26-18-10-11-19-27(26)33(35)38/h1-19,28-31,34,36H,20-22H2/t28-,29-,30-,31-,34+/m1/s1. The maximum absolute atomic E-state index is 13.9. The Hall–Kier alpha value is -3.79. The van der Waals surface area contributed by atoms with Gasteiger partial charge in [-0.05, 0) is 35.4 Å². The molecular formula is C34H31NO6S. The summed E-state index contributed by atoms with van der Waals surface area (Å²) in [4.78, 5) is 29.9. The van der Waals surface area contributed by atoms with E-state index in [1.54, 1.807) is 24.3 Å². The molecule has 2 heterocycles. The fourth-order valence-electron chi connectivity index (χ4n) is 5.44. The Morgan fingerprint density at radius 1 is 0.667 bits per heavy atom. The summed E-state index contributed by atoms with van der Waals surface area (Å²) in [6, 6.07) is 35.0. The number of rotatable bonds is 10. The highest BCUT2D eigenvalue weighted by atomic mass is 32.2. The van der Waals surface area contributed by atoms with Gasteiger partial charge < -0.3 is 19.3 Å². The molecule has 0 spiro atoms. The lowest BCUT2D eigenvalue weighted by molar-refractivity contribution is -0.219. The molecular weight excluding hydrogens is 550 g/mol. The number of nitrogens with zero attached hydrogens (tertiary/aromatic N) is 1. The first-order chi connectivity index (χ1) is 20.6. The molecule has 8 heteroatoms. The second-order valence-corrected chi connectivity index (χ2v) is 11.4. The van der Waals surface area contributed by atoms with Gasteiger partial charge in [0.05, 0.1) is 30.9 Å². The maximum atomic E-state index is 13.9. The van der Waals surface area contributed by atoms with Gasteiger partial charge in [-0.25, -0.2) is 0 Å². The summed E-state index contributed by atoms with van der Waals surface area (Å²) in [6.45, 7) is 0.129. The van der Waals surface area contributed by atoms with Crippen LogP contribution in [-0.4, -0.2) is 58.2 Å². The minimum atomic E-state index is -0.852. The number of imide groups is 1. The van der Waals surface area contributed by atoms with Crippen LogP contribution in [0.5, 0.6) is 0 Å². The highest BCUT2D eigenvalue weighted by Crippen LogP contribution is 2.41. The number of carbonyl (C=O) groups is 2. The molecule has 214 valence electrons. The van der Waals surface area contributed by atoms with E-state index >= 15 is 0 Å². The molecule has 7 nitrogen and oxygen atoms in total. The van der Waals surface area contributed by atoms with Gasteiger partial charge in [-0.1, -0.05) is 103 Å². The van der Waals surface area contributed by atoms with Crippen molar-refractivity contribution in [2.24, 2.45) is 0 Å². The number of thioether (sulfide) groups is 1. The Kier molecular flexibility index (Phi) is 8.79. The number of carbonyl (C=O) groups excluding carboxylic acids is 2. The molecule has 0 radical (unpaired) electrons. The zero-order chi connectivity index (χ0) is 28.9. The molecule has 5 atom stereocenters. The van der Waals surface area contributed by atoms with Crippen LogP contribution in [0.25, 0.3) is 0 Å². The number of aliphatic hydroxyl groups excluding tert-OH is 1. The number of hydrogen-bond donors (Lipinski definition) is 1. The monoisotopic (exact) mass is 581 g/mol. The van der Waals surface area contributed by atoms with Crippen LogP contribution in [0.4, 0.5) is 0 Å². The topological polar surface area (TPSA) is 85.3 Å². The van der Waals surface area contributed by atoms with E-state index in [-0.39, 0.29) is 19.8 Å². The Bertz CT molecular complexity index is 1470. The van der Waals surface area contributed by atoms with Gasteiger partial charge in [0.25, 0.3) is 11.8 Å². The number of ether oxygens (including phenoxy) is 3. The van der Waals surface area contributed by atoms with Crippen LogP contribution in [0.3, 0.4) is 0 Å². The molecule has 1 saturated heterocycles. The van der Waals surface area contributed by atoms with Crippen LogP contribution in [0.15, 0.2) is 120 Å². The fourth-order valence-corrected chi connectivity index (χ4v) is 6.64. The van der Waals surface area contributed by atoms with Gasteiger partial charge in [0.1, 0.15) is 29.8 Å². The smallest absolute Gasteiger partial charge is 0.262 e. The summed E-state index contributed by atoms with van der Waals surface area (Å²) >= 11 is 1.39. The number of fused-ring (bicyclic) bond motifs is 1. The summed E-state index contributed by atoms with van der Waals surface area (Å²) in [5, 5.41) is 10.5. The van der Waals surface area contributed by atoms with E-state index in [0.717, 1.165) is 16.0 Å². The molecule has 0 bridgehead atoms. The number of aliphatic hydroxyl groups is 1. The third-order valence-electron chi connectivity index (χ3n) is 7.48. The maximum Gasteiger partial charge on any atom is 0.262 e. The fraction of sp³-hybridized carbons (Fsp3) is 0.235. The summed E-state index contributed by atoms with van der Waals surface area (Å²) < 4.78 is 19.6. The molecule has 0 unspecified atom stereocenters. The van der Waals surface area contributed by atoms with Crippen molar-refractivity contribution in [3.8, 4) is 0 Å². The normalized spacial score (nSPS) is 23.6. The van der Waals surface area contributed by atoms with E-state index in [2.05, 4.69) is 0 Å². The number of amides is 2. The minimum Gasteiger partial charge on any atom is -0.394 e. The Balaban J connectivity index is 1.40. The highest BCUT2D eigenvalue weighted by molar-refractivity contribution is 7.99. The van der Waals surface area contributed by atoms with E-state index in [9.17, 15) is 14.7 Å². The Morgan fingerprint density at radius 2 is 1.14 bits per heavy atom. The molecule has 0 saturated carbocycles. The van der Waals surface area contributed by atoms with Crippen molar-refractivity contribution in [2.75, 3.05) is 6.61 Å². The van der Waals surface area contributed by atoms with Crippen LogP contribution in [-0.2, 0) is 27.4 Å². The third kappa shape index (κ3) is 5.90. The molecule has 2 aliphatic rings. The highest BCUT2D eigenvalue weighted by Gasteiger charge is 2.55. The first-order valence-electron chi connectivity index (χ1n) is 13.9. The average molecular weight is 582 g/mol. The van der Waals surface area contributed by atoms with Crippen molar-refractivity contribution >= 4 is 23.6 Å². The van der Waals surface area contributed by atoms with Gasteiger partial charge >= 0.3 is 0 Å². The van der Waals surface area contributed by atoms with Crippen molar-refractivity contribution in [1.29, 1.82) is 0 Å². The molecule has 4 aromatic rings. The van der Waals surface area contributed by atoms with Crippen LogP contribution >= 0.6 is 11.8 Å². The molecule has 0 aliphatic carbocycles. The molecule has 1 fully saturated rings. The van der Waals surface area contributed by atoms with Crippen molar-refractivity contribution in [3.63, 3.8) is 0 Å². The minimum absolute atomic E-state index is 0.219. The first kappa shape index (κ1) is 28.3. The summed E-state index contributed by atoms with van der Waals surface area (Å²) in [5.74, 6) is -0.805. The molecule has 6 rings (SSSR count).